The molecule has 0 aliphatic carbocycles. The average molecular weight is 439 g/mol. The van der Waals surface area contributed by atoms with Gasteiger partial charge in [0.1, 0.15) is 17.2 Å². The molecule has 2 aliphatic heterocycles. The summed E-state index contributed by atoms with van der Waals surface area (Å²) in [6.45, 7) is 6.95. The number of imidazole rings is 1. The predicted molar refractivity (Wildman–Crippen MR) is 118 cm³/mol. The lowest BCUT2D eigenvalue weighted by Crippen LogP contribution is -2.63. The summed E-state index contributed by atoms with van der Waals surface area (Å²) in [5, 5.41) is 2.79. The van der Waals surface area contributed by atoms with Gasteiger partial charge in [-0.1, -0.05) is 6.07 Å². The van der Waals surface area contributed by atoms with Crippen LogP contribution in [0.2, 0.25) is 0 Å². The van der Waals surface area contributed by atoms with E-state index in [4.69, 9.17) is 4.98 Å². The number of likely N-dealkylation sites (tertiary alicyclic amines) is 1. The van der Waals surface area contributed by atoms with E-state index in [1.54, 1.807) is 24.9 Å². The summed E-state index contributed by atoms with van der Waals surface area (Å²) >= 11 is 0. The summed E-state index contributed by atoms with van der Waals surface area (Å²) in [7, 11) is 0. The van der Waals surface area contributed by atoms with Crippen LogP contribution in [0.25, 0.3) is 5.82 Å². The van der Waals surface area contributed by atoms with Gasteiger partial charge in [-0.05, 0) is 45.7 Å². The maximum Gasteiger partial charge on any atom is 0.245 e. The molecule has 0 saturated carbocycles. The number of amides is 3. The van der Waals surface area contributed by atoms with E-state index in [2.05, 4.69) is 10.3 Å². The van der Waals surface area contributed by atoms with Gasteiger partial charge in [-0.2, -0.15) is 0 Å². The minimum atomic E-state index is -0.898. The topological polar surface area (TPSA) is 100 Å². The van der Waals surface area contributed by atoms with Crippen molar-refractivity contribution >= 4 is 17.7 Å². The molecule has 9 nitrogen and oxygen atoms in total. The Morgan fingerprint density at radius 3 is 2.72 bits per heavy atom. The molecule has 0 unspecified atom stereocenters. The standard InChI is InChI=1S/C23H30N6O3/c1-16-24-11-14-27(16)19-8-4-6-17(26-19)18-7-5-13-28(18)20(30)9-10-21(31)29-15-12-25-22(32)23(29,2)3/h4,6,8,11,14,18H,5,7,9-10,12-13,15H2,1-3H3,(H,25,32)/t18-/m0/s1. The fourth-order valence-corrected chi connectivity index (χ4v) is 4.58. The highest BCUT2D eigenvalue weighted by Gasteiger charge is 2.40. The lowest BCUT2D eigenvalue weighted by atomic mass is 9.98. The van der Waals surface area contributed by atoms with E-state index in [-0.39, 0.29) is 36.6 Å². The van der Waals surface area contributed by atoms with Crippen molar-refractivity contribution in [3.8, 4) is 5.82 Å². The largest absolute Gasteiger partial charge is 0.352 e. The summed E-state index contributed by atoms with van der Waals surface area (Å²) < 4.78 is 1.92. The quantitative estimate of drug-likeness (QED) is 0.767. The molecule has 0 spiro atoms. The van der Waals surface area contributed by atoms with Gasteiger partial charge in [0.2, 0.25) is 17.7 Å². The molecule has 4 rings (SSSR count). The summed E-state index contributed by atoms with van der Waals surface area (Å²) in [6, 6.07) is 5.73. The summed E-state index contributed by atoms with van der Waals surface area (Å²) in [4.78, 5) is 50.4. The van der Waals surface area contributed by atoms with Crippen LogP contribution < -0.4 is 5.32 Å². The normalized spacial score (nSPS) is 20.3. The highest BCUT2D eigenvalue weighted by molar-refractivity contribution is 5.93. The molecule has 170 valence electrons. The van der Waals surface area contributed by atoms with Crippen LogP contribution in [0.3, 0.4) is 0 Å². The van der Waals surface area contributed by atoms with Crippen LogP contribution in [-0.4, -0.2) is 67.2 Å². The molecule has 2 aliphatic rings. The third-order valence-electron chi connectivity index (χ3n) is 6.45. The number of aryl methyl sites for hydroxylation is 1. The molecule has 3 amide bonds. The second-order valence-electron chi connectivity index (χ2n) is 8.87. The maximum atomic E-state index is 13.0. The van der Waals surface area contributed by atoms with Crippen molar-refractivity contribution in [1.29, 1.82) is 0 Å². The van der Waals surface area contributed by atoms with Crippen molar-refractivity contribution < 1.29 is 14.4 Å². The summed E-state index contributed by atoms with van der Waals surface area (Å²) in [5.74, 6) is 1.25. The van der Waals surface area contributed by atoms with Crippen LogP contribution in [-0.2, 0) is 14.4 Å². The molecule has 2 aromatic rings. The SMILES string of the molecule is Cc1nccn1-c1cccc([C@@H]2CCCN2C(=O)CCC(=O)N2CCNC(=O)C2(C)C)n1. The number of carbonyl (C=O) groups excluding carboxylic acids is 3. The van der Waals surface area contributed by atoms with Crippen LogP contribution in [0.5, 0.6) is 0 Å². The number of carbonyl (C=O) groups is 3. The van der Waals surface area contributed by atoms with Gasteiger partial charge in [0.15, 0.2) is 0 Å². The molecule has 1 atom stereocenters. The molecular formula is C23H30N6O3. The number of rotatable bonds is 5. The van der Waals surface area contributed by atoms with Crippen molar-refractivity contribution in [3.05, 3.63) is 42.1 Å². The van der Waals surface area contributed by atoms with Gasteiger partial charge in [-0.15, -0.1) is 0 Å². The molecule has 32 heavy (non-hydrogen) atoms. The van der Waals surface area contributed by atoms with Gasteiger partial charge in [-0.25, -0.2) is 9.97 Å². The third-order valence-corrected chi connectivity index (χ3v) is 6.45. The van der Waals surface area contributed by atoms with Gasteiger partial charge in [-0.3, -0.25) is 19.0 Å². The van der Waals surface area contributed by atoms with E-state index in [0.717, 1.165) is 30.2 Å². The van der Waals surface area contributed by atoms with Crippen molar-refractivity contribution in [2.45, 2.75) is 58.0 Å². The summed E-state index contributed by atoms with van der Waals surface area (Å²) in [5.41, 5.74) is -0.0497. The highest BCUT2D eigenvalue weighted by Crippen LogP contribution is 2.32. The molecule has 1 N–H and O–H groups in total. The van der Waals surface area contributed by atoms with Crippen molar-refractivity contribution in [2.24, 2.45) is 0 Å². The lowest BCUT2D eigenvalue weighted by Gasteiger charge is -2.41. The third kappa shape index (κ3) is 4.11. The van der Waals surface area contributed by atoms with E-state index < -0.39 is 5.54 Å². The first kappa shape index (κ1) is 22.0. The first-order chi connectivity index (χ1) is 15.3. The van der Waals surface area contributed by atoms with E-state index >= 15 is 0 Å². The zero-order chi connectivity index (χ0) is 22.9. The van der Waals surface area contributed by atoms with E-state index in [9.17, 15) is 14.4 Å². The molecule has 2 saturated heterocycles. The van der Waals surface area contributed by atoms with Crippen LogP contribution in [0.15, 0.2) is 30.6 Å². The number of pyridine rings is 1. The Labute approximate surface area is 187 Å². The van der Waals surface area contributed by atoms with Gasteiger partial charge < -0.3 is 15.1 Å². The minimum absolute atomic E-state index is 0.0499. The molecule has 0 radical (unpaired) electrons. The van der Waals surface area contributed by atoms with Crippen LogP contribution in [0.1, 0.15) is 57.1 Å². The Balaban J connectivity index is 1.43. The predicted octanol–water partition coefficient (Wildman–Crippen LogP) is 1.76. The number of hydrogen-bond donors (Lipinski definition) is 1. The first-order valence-electron chi connectivity index (χ1n) is 11.1. The lowest BCUT2D eigenvalue weighted by molar-refractivity contribution is -0.150. The number of nitrogens with one attached hydrogen (secondary N) is 1. The van der Waals surface area contributed by atoms with E-state index in [1.165, 1.54) is 0 Å². The molecule has 2 fully saturated rings. The fraction of sp³-hybridized carbons (Fsp3) is 0.522. The monoisotopic (exact) mass is 438 g/mol. The van der Waals surface area contributed by atoms with E-state index in [0.29, 0.717) is 19.6 Å². The molecule has 0 aromatic carbocycles. The highest BCUT2D eigenvalue weighted by atomic mass is 16.2. The van der Waals surface area contributed by atoms with Crippen LogP contribution >= 0.6 is 0 Å². The summed E-state index contributed by atoms with van der Waals surface area (Å²) in [6.07, 6.45) is 5.58. The fourth-order valence-electron chi connectivity index (χ4n) is 4.58. The number of aromatic nitrogens is 3. The van der Waals surface area contributed by atoms with E-state index in [1.807, 2.05) is 40.8 Å². The van der Waals surface area contributed by atoms with Crippen molar-refractivity contribution in [1.82, 2.24) is 29.7 Å². The smallest absolute Gasteiger partial charge is 0.245 e. The Hall–Kier alpha value is -3.23. The van der Waals surface area contributed by atoms with Crippen LogP contribution in [0.4, 0.5) is 0 Å². The second kappa shape index (κ2) is 8.72. The molecule has 0 bridgehead atoms. The van der Waals surface area contributed by atoms with Gasteiger partial charge in [0.25, 0.3) is 0 Å². The Kier molecular flexibility index (Phi) is 5.99. The number of piperazine rings is 1. The minimum Gasteiger partial charge on any atom is -0.352 e. The first-order valence-corrected chi connectivity index (χ1v) is 11.1. The Bertz CT molecular complexity index is 1030. The molecular weight excluding hydrogens is 408 g/mol. The van der Waals surface area contributed by atoms with Gasteiger partial charge in [0, 0.05) is 44.9 Å². The molecule has 2 aromatic heterocycles. The van der Waals surface area contributed by atoms with Gasteiger partial charge >= 0.3 is 0 Å². The van der Waals surface area contributed by atoms with Crippen LogP contribution in [0, 0.1) is 6.92 Å². The number of nitrogens with zero attached hydrogens (tertiary/aromatic N) is 5. The maximum absolute atomic E-state index is 13.0. The van der Waals surface area contributed by atoms with Crippen molar-refractivity contribution in [3.63, 3.8) is 0 Å². The Morgan fingerprint density at radius 2 is 1.97 bits per heavy atom. The molecule has 4 heterocycles. The Morgan fingerprint density at radius 1 is 1.19 bits per heavy atom. The zero-order valence-corrected chi connectivity index (χ0v) is 18.9. The van der Waals surface area contributed by atoms with Gasteiger partial charge in [0.05, 0.1) is 11.7 Å². The molecule has 9 heteroatoms. The average Bonchev–Trinajstić information content (AvgIpc) is 3.43. The van der Waals surface area contributed by atoms with Crippen molar-refractivity contribution in [2.75, 3.05) is 19.6 Å². The zero-order valence-electron chi connectivity index (χ0n) is 18.9. The number of hydrogen-bond acceptors (Lipinski definition) is 5. The second-order valence-corrected chi connectivity index (χ2v) is 8.87.